The number of anilines is 1. The predicted molar refractivity (Wildman–Crippen MR) is 96.9 cm³/mol. The highest BCUT2D eigenvalue weighted by molar-refractivity contribution is 5.94. The van der Waals surface area contributed by atoms with Crippen molar-refractivity contribution in [1.82, 2.24) is 0 Å². The lowest BCUT2D eigenvalue weighted by molar-refractivity contribution is 0.101. The lowest BCUT2D eigenvalue weighted by Gasteiger charge is -2.22. The van der Waals surface area contributed by atoms with Gasteiger partial charge in [0.2, 0.25) is 0 Å². The monoisotopic (exact) mass is 319 g/mol. The molecule has 0 N–H and O–H groups in total. The minimum atomic E-state index is -0.108. The Kier molecular flexibility index (Phi) is 4.06. The molecule has 0 aromatic heterocycles. The summed E-state index contributed by atoms with van der Waals surface area (Å²) in [5.74, 6) is 0.0488. The van der Waals surface area contributed by atoms with E-state index in [0.717, 1.165) is 11.4 Å². The minimum Gasteiger partial charge on any atom is -0.346 e. The van der Waals surface area contributed by atoms with E-state index in [1.807, 2.05) is 12.3 Å². The van der Waals surface area contributed by atoms with E-state index < -0.39 is 0 Å². The van der Waals surface area contributed by atoms with Crippen LogP contribution in [0.5, 0.6) is 0 Å². The highest BCUT2D eigenvalue weighted by atomic mass is 16.1. The number of benzene rings is 2. The molecule has 24 heavy (non-hydrogen) atoms. The lowest BCUT2D eigenvalue weighted by Crippen LogP contribution is -2.22. The third-order valence-electron chi connectivity index (χ3n) is 4.57. The molecular formula is C20H21N3O. The first-order valence-corrected chi connectivity index (χ1v) is 7.97. The summed E-state index contributed by atoms with van der Waals surface area (Å²) in [6.07, 6.45) is 1.82. The van der Waals surface area contributed by atoms with Gasteiger partial charge in [0.15, 0.2) is 5.78 Å². The van der Waals surface area contributed by atoms with Crippen molar-refractivity contribution in [2.75, 3.05) is 11.9 Å². The molecular weight excluding hydrogens is 298 g/mol. The molecule has 1 heterocycles. The first-order chi connectivity index (χ1) is 11.4. The van der Waals surface area contributed by atoms with Crippen molar-refractivity contribution >= 4 is 17.2 Å². The number of allylic oxidation sites excluding steroid dienone is 1. The van der Waals surface area contributed by atoms with Crippen molar-refractivity contribution in [2.24, 2.45) is 10.2 Å². The topological polar surface area (TPSA) is 45.0 Å². The van der Waals surface area contributed by atoms with Crippen LogP contribution in [0.2, 0.25) is 0 Å². The molecule has 0 unspecified atom stereocenters. The van der Waals surface area contributed by atoms with Gasteiger partial charge in [0.25, 0.3) is 0 Å². The Balaban J connectivity index is 1.86. The maximum atomic E-state index is 11.3. The number of nitrogens with zero attached hydrogens (tertiary/aromatic N) is 3. The number of hydrogen-bond donors (Lipinski definition) is 0. The van der Waals surface area contributed by atoms with Crippen LogP contribution < -0.4 is 4.90 Å². The maximum Gasteiger partial charge on any atom is 0.159 e. The number of ketones is 1. The molecule has 1 aliphatic heterocycles. The fourth-order valence-electron chi connectivity index (χ4n) is 3.14. The zero-order chi connectivity index (χ0) is 17.3. The number of carbonyl (C=O) groups excluding carboxylic acids is 1. The molecule has 0 saturated carbocycles. The van der Waals surface area contributed by atoms with Crippen LogP contribution >= 0.6 is 0 Å². The summed E-state index contributed by atoms with van der Waals surface area (Å²) in [4.78, 5) is 13.5. The quantitative estimate of drug-likeness (QED) is 0.573. The van der Waals surface area contributed by atoms with E-state index in [-0.39, 0.29) is 11.2 Å². The fraction of sp³-hybridized carbons (Fsp3) is 0.250. The van der Waals surface area contributed by atoms with Gasteiger partial charge >= 0.3 is 0 Å². The summed E-state index contributed by atoms with van der Waals surface area (Å²) < 4.78 is 0. The molecule has 122 valence electrons. The summed E-state index contributed by atoms with van der Waals surface area (Å²) in [6.45, 7) is 5.94. The largest absolute Gasteiger partial charge is 0.346 e. The maximum absolute atomic E-state index is 11.3. The Labute approximate surface area is 142 Å². The summed E-state index contributed by atoms with van der Waals surface area (Å²) in [5, 5.41) is 8.51. The Bertz CT molecular complexity index is 832. The molecule has 4 nitrogen and oxygen atoms in total. The molecule has 4 heteroatoms. The summed E-state index contributed by atoms with van der Waals surface area (Å²) in [7, 11) is 2.05. The number of fused-ring (bicyclic) bond motifs is 1. The van der Waals surface area contributed by atoms with Gasteiger partial charge in [-0.25, -0.2) is 0 Å². The Morgan fingerprint density at radius 1 is 1.08 bits per heavy atom. The van der Waals surface area contributed by atoms with Crippen LogP contribution in [0.1, 0.15) is 36.7 Å². The van der Waals surface area contributed by atoms with Crippen LogP contribution in [0.25, 0.3) is 0 Å². The Morgan fingerprint density at radius 3 is 2.38 bits per heavy atom. The molecule has 0 saturated heterocycles. The van der Waals surface area contributed by atoms with E-state index in [0.29, 0.717) is 5.56 Å². The zero-order valence-corrected chi connectivity index (χ0v) is 14.4. The summed E-state index contributed by atoms with van der Waals surface area (Å²) in [5.41, 5.74) is 4.90. The first kappa shape index (κ1) is 16.1. The molecule has 1 aliphatic rings. The first-order valence-electron chi connectivity index (χ1n) is 7.97. The second-order valence-corrected chi connectivity index (χ2v) is 6.53. The molecule has 2 aromatic carbocycles. The molecule has 0 amide bonds. The number of hydrogen-bond acceptors (Lipinski definition) is 4. The van der Waals surface area contributed by atoms with Crippen molar-refractivity contribution in [3.63, 3.8) is 0 Å². The second-order valence-electron chi connectivity index (χ2n) is 6.53. The van der Waals surface area contributed by atoms with Crippen molar-refractivity contribution in [3.8, 4) is 0 Å². The smallest absolute Gasteiger partial charge is 0.159 e. The zero-order valence-electron chi connectivity index (χ0n) is 14.4. The number of azo groups is 1. The van der Waals surface area contributed by atoms with Gasteiger partial charge in [0.05, 0.1) is 11.9 Å². The van der Waals surface area contributed by atoms with Gasteiger partial charge < -0.3 is 4.90 Å². The van der Waals surface area contributed by atoms with Crippen molar-refractivity contribution in [2.45, 2.75) is 26.2 Å². The third-order valence-corrected chi connectivity index (χ3v) is 4.57. The highest BCUT2D eigenvalue weighted by Gasteiger charge is 2.38. The van der Waals surface area contributed by atoms with Crippen LogP contribution in [-0.2, 0) is 5.41 Å². The van der Waals surface area contributed by atoms with E-state index in [4.69, 9.17) is 0 Å². The van der Waals surface area contributed by atoms with Crippen LogP contribution in [0.4, 0.5) is 11.4 Å². The normalized spacial score (nSPS) is 17.5. The number of carbonyl (C=O) groups is 1. The standard InChI is InChI=1S/C20H21N3O/c1-14(24)15-9-11-16(12-10-15)22-21-13-19-20(2,3)17-7-5-6-8-18(17)23(19)4/h5-13H,1-4H3/b19-13+,22-21?. The molecule has 0 aliphatic carbocycles. The summed E-state index contributed by atoms with van der Waals surface area (Å²) >= 11 is 0. The average molecular weight is 319 g/mol. The van der Waals surface area contributed by atoms with Gasteiger partial charge in [-0.15, -0.1) is 0 Å². The number of rotatable bonds is 3. The van der Waals surface area contributed by atoms with Crippen molar-refractivity contribution in [3.05, 3.63) is 71.6 Å². The van der Waals surface area contributed by atoms with Crippen LogP contribution in [-0.4, -0.2) is 12.8 Å². The Morgan fingerprint density at radius 2 is 1.75 bits per heavy atom. The number of Topliss-reactive ketones (excluding diaryl/α,β-unsaturated/α-hetero) is 1. The van der Waals surface area contributed by atoms with Gasteiger partial charge in [-0.3, -0.25) is 4.79 Å². The van der Waals surface area contributed by atoms with Crippen molar-refractivity contribution in [1.29, 1.82) is 0 Å². The molecule has 0 bridgehead atoms. The predicted octanol–water partition coefficient (Wildman–Crippen LogP) is 5.24. The van der Waals surface area contributed by atoms with Crippen LogP contribution in [0.3, 0.4) is 0 Å². The number of likely N-dealkylation sites (N-methyl/N-ethyl adjacent to an activating group) is 1. The van der Waals surface area contributed by atoms with E-state index in [2.05, 4.69) is 54.2 Å². The Hall–Kier alpha value is -2.75. The molecule has 0 radical (unpaired) electrons. The van der Waals surface area contributed by atoms with E-state index in [9.17, 15) is 4.79 Å². The average Bonchev–Trinajstić information content (AvgIpc) is 2.76. The van der Waals surface area contributed by atoms with Gasteiger partial charge in [0, 0.05) is 29.4 Å². The van der Waals surface area contributed by atoms with Gasteiger partial charge in [-0.1, -0.05) is 32.0 Å². The van der Waals surface area contributed by atoms with Crippen molar-refractivity contribution < 1.29 is 4.79 Å². The van der Waals surface area contributed by atoms with Gasteiger partial charge in [-0.2, -0.15) is 10.2 Å². The molecule has 0 atom stereocenters. The molecule has 0 spiro atoms. The minimum absolute atomic E-state index is 0.0488. The fourth-order valence-corrected chi connectivity index (χ4v) is 3.14. The van der Waals surface area contributed by atoms with Crippen LogP contribution in [0, 0.1) is 0 Å². The van der Waals surface area contributed by atoms with E-state index in [1.54, 1.807) is 31.2 Å². The number of para-hydroxylation sites is 1. The van der Waals surface area contributed by atoms with Gasteiger partial charge in [0.1, 0.15) is 0 Å². The molecule has 3 rings (SSSR count). The lowest BCUT2D eigenvalue weighted by atomic mass is 9.84. The van der Waals surface area contributed by atoms with Crippen LogP contribution in [0.15, 0.2) is 70.7 Å². The second kappa shape index (κ2) is 6.04. The summed E-state index contributed by atoms with van der Waals surface area (Å²) in [6, 6.07) is 15.5. The van der Waals surface area contributed by atoms with E-state index in [1.165, 1.54) is 11.3 Å². The van der Waals surface area contributed by atoms with Gasteiger partial charge in [-0.05, 0) is 42.8 Å². The highest BCUT2D eigenvalue weighted by Crippen LogP contribution is 2.46. The van der Waals surface area contributed by atoms with E-state index >= 15 is 0 Å². The SMILES string of the molecule is CC(=O)c1ccc(N=N/C=C2/N(C)c3ccccc3C2(C)C)cc1. The molecule has 0 fully saturated rings. The third kappa shape index (κ3) is 2.75. The molecule has 2 aromatic rings.